The number of thioether (sulfide) groups is 1. The lowest BCUT2D eigenvalue weighted by Gasteiger charge is -2.14. The second kappa shape index (κ2) is 8.23. The lowest BCUT2D eigenvalue weighted by atomic mass is 10.1. The molecule has 0 aliphatic carbocycles. The van der Waals surface area contributed by atoms with Gasteiger partial charge in [0.2, 0.25) is 11.8 Å². The Morgan fingerprint density at radius 2 is 2.10 bits per heavy atom. The van der Waals surface area contributed by atoms with Gasteiger partial charge >= 0.3 is 0 Å². The van der Waals surface area contributed by atoms with Crippen molar-refractivity contribution in [1.29, 1.82) is 0 Å². The zero-order valence-corrected chi connectivity index (χ0v) is 17.9. The third-order valence-corrected chi connectivity index (χ3v) is 6.21. The fourth-order valence-electron chi connectivity index (χ4n) is 3.69. The summed E-state index contributed by atoms with van der Waals surface area (Å²) in [5.41, 5.74) is 2.13. The lowest BCUT2D eigenvalue weighted by Crippen LogP contribution is -2.16. The molecule has 5 rings (SSSR count). The average molecular weight is 425 g/mol. The summed E-state index contributed by atoms with van der Waals surface area (Å²) in [6, 6.07) is 8.23. The second-order valence-electron chi connectivity index (χ2n) is 7.78. The SMILES string of the molecule is CC(C)c1nnc(CSc2nnc(-c3c[nH]c4ccccc34)n2CC2CCCO2)o1. The molecule has 0 saturated carbocycles. The Labute approximate surface area is 178 Å². The van der Waals surface area contributed by atoms with Crippen LogP contribution in [0.25, 0.3) is 22.3 Å². The van der Waals surface area contributed by atoms with Crippen LogP contribution in [0.2, 0.25) is 0 Å². The number of hydrogen-bond donors (Lipinski definition) is 1. The topological polar surface area (TPSA) is 94.7 Å². The van der Waals surface area contributed by atoms with Gasteiger partial charge in [-0.2, -0.15) is 0 Å². The maximum atomic E-state index is 5.90. The van der Waals surface area contributed by atoms with Crippen LogP contribution in [0.5, 0.6) is 0 Å². The molecule has 1 unspecified atom stereocenters. The van der Waals surface area contributed by atoms with Crippen LogP contribution < -0.4 is 0 Å². The average Bonchev–Trinajstić information content (AvgIpc) is 3.53. The van der Waals surface area contributed by atoms with Gasteiger partial charge in [0.1, 0.15) is 0 Å². The number of rotatable bonds is 7. The molecule has 0 bridgehead atoms. The quantitative estimate of drug-likeness (QED) is 0.439. The molecular formula is C21H24N6O2S. The first-order chi connectivity index (χ1) is 14.7. The Hall–Kier alpha value is -2.65. The van der Waals surface area contributed by atoms with Crippen LogP contribution in [0.3, 0.4) is 0 Å². The van der Waals surface area contributed by atoms with Gasteiger partial charge in [0.05, 0.1) is 18.4 Å². The fourth-order valence-corrected chi connectivity index (χ4v) is 4.48. The predicted molar refractivity (Wildman–Crippen MR) is 114 cm³/mol. The first-order valence-electron chi connectivity index (χ1n) is 10.3. The van der Waals surface area contributed by atoms with E-state index in [-0.39, 0.29) is 12.0 Å². The van der Waals surface area contributed by atoms with Crippen molar-refractivity contribution in [3.8, 4) is 11.4 Å². The number of H-pyrrole nitrogens is 1. The molecule has 0 spiro atoms. The van der Waals surface area contributed by atoms with Crippen LogP contribution in [-0.4, -0.2) is 42.7 Å². The number of fused-ring (bicyclic) bond motifs is 1. The van der Waals surface area contributed by atoms with E-state index in [1.165, 1.54) is 0 Å². The highest BCUT2D eigenvalue weighted by Crippen LogP contribution is 2.32. The molecule has 4 heterocycles. The smallest absolute Gasteiger partial charge is 0.226 e. The molecule has 4 aromatic rings. The van der Waals surface area contributed by atoms with Gasteiger partial charge < -0.3 is 14.1 Å². The highest BCUT2D eigenvalue weighted by atomic mass is 32.2. The van der Waals surface area contributed by atoms with E-state index in [1.54, 1.807) is 11.8 Å². The number of nitrogens with one attached hydrogen (secondary N) is 1. The minimum Gasteiger partial charge on any atom is -0.424 e. The Morgan fingerprint density at radius 1 is 1.20 bits per heavy atom. The van der Waals surface area contributed by atoms with Crippen molar-refractivity contribution in [1.82, 2.24) is 29.9 Å². The van der Waals surface area contributed by atoms with Crippen LogP contribution in [0.4, 0.5) is 0 Å². The number of ether oxygens (including phenoxy) is 1. The molecule has 1 aliphatic rings. The Morgan fingerprint density at radius 3 is 2.90 bits per heavy atom. The standard InChI is InChI=1S/C21H24N6O2S/c1-13(2)20-25-23-18(29-20)12-30-21-26-24-19(27(21)11-14-6-5-9-28-14)16-10-22-17-8-4-3-7-15(16)17/h3-4,7-8,10,13-14,22H,5-6,9,11-12H2,1-2H3. The molecular weight excluding hydrogens is 400 g/mol. The summed E-state index contributed by atoms with van der Waals surface area (Å²) in [6.45, 7) is 5.62. The van der Waals surface area contributed by atoms with Gasteiger partial charge in [-0.1, -0.05) is 43.8 Å². The van der Waals surface area contributed by atoms with Gasteiger partial charge in [-0.05, 0) is 18.9 Å². The van der Waals surface area contributed by atoms with Crippen LogP contribution in [0, 0.1) is 0 Å². The van der Waals surface area contributed by atoms with E-state index >= 15 is 0 Å². The van der Waals surface area contributed by atoms with Crippen molar-refractivity contribution >= 4 is 22.7 Å². The summed E-state index contributed by atoms with van der Waals surface area (Å²) in [5.74, 6) is 2.87. The fraction of sp³-hybridized carbons (Fsp3) is 0.429. The van der Waals surface area contributed by atoms with Crippen molar-refractivity contribution in [2.45, 2.75) is 56.2 Å². The monoisotopic (exact) mass is 424 g/mol. The zero-order valence-electron chi connectivity index (χ0n) is 17.0. The molecule has 8 nitrogen and oxygen atoms in total. The number of hydrogen-bond acceptors (Lipinski definition) is 7. The number of para-hydroxylation sites is 1. The largest absolute Gasteiger partial charge is 0.424 e. The highest BCUT2D eigenvalue weighted by Gasteiger charge is 2.23. The molecule has 0 amide bonds. The van der Waals surface area contributed by atoms with Gasteiger partial charge in [-0.15, -0.1) is 20.4 Å². The third kappa shape index (κ3) is 3.75. The predicted octanol–water partition coefficient (Wildman–Crippen LogP) is 4.40. The summed E-state index contributed by atoms with van der Waals surface area (Å²) in [6.07, 6.45) is 4.33. The van der Waals surface area contributed by atoms with Crippen molar-refractivity contribution in [3.05, 3.63) is 42.2 Å². The van der Waals surface area contributed by atoms with Gasteiger partial charge in [0.15, 0.2) is 11.0 Å². The van der Waals surface area contributed by atoms with Gasteiger partial charge in [-0.25, -0.2) is 0 Å². The van der Waals surface area contributed by atoms with E-state index in [0.29, 0.717) is 17.5 Å². The van der Waals surface area contributed by atoms with E-state index in [1.807, 2.05) is 32.2 Å². The van der Waals surface area contributed by atoms with Crippen LogP contribution in [-0.2, 0) is 17.0 Å². The van der Waals surface area contributed by atoms with Crippen molar-refractivity contribution < 1.29 is 9.15 Å². The Kier molecular flexibility index (Phi) is 5.30. The number of benzene rings is 1. The minimum atomic E-state index is 0.181. The van der Waals surface area contributed by atoms with Gasteiger partial charge in [0, 0.05) is 35.2 Å². The Bertz CT molecular complexity index is 1140. The zero-order chi connectivity index (χ0) is 20.5. The van der Waals surface area contributed by atoms with Crippen molar-refractivity contribution in [2.75, 3.05) is 6.61 Å². The molecule has 1 saturated heterocycles. The van der Waals surface area contributed by atoms with Crippen molar-refractivity contribution in [3.63, 3.8) is 0 Å². The lowest BCUT2D eigenvalue weighted by molar-refractivity contribution is 0.0953. The van der Waals surface area contributed by atoms with Gasteiger partial charge in [-0.3, -0.25) is 4.57 Å². The summed E-state index contributed by atoms with van der Waals surface area (Å²) in [4.78, 5) is 3.34. The normalized spacial score (nSPS) is 16.8. The van der Waals surface area contributed by atoms with E-state index < -0.39 is 0 Å². The summed E-state index contributed by atoms with van der Waals surface area (Å²) in [7, 11) is 0. The number of aromatic nitrogens is 6. The van der Waals surface area contributed by atoms with Gasteiger partial charge in [0.25, 0.3) is 0 Å². The van der Waals surface area contributed by atoms with Crippen LogP contribution >= 0.6 is 11.8 Å². The minimum absolute atomic E-state index is 0.181. The first-order valence-corrected chi connectivity index (χ1v) is 11.2. The van der Waals surface area contributed by atoms with E-state index in [4.69, 9.17) is 9.15 Å². The molecule has 1 N–H and O–H groups in total. The summed E-state index contributed by atoms with van der Waals surface area (Å²) < 4.78 is 13.8. The number of nitrogens with zero attached hydrogens (tertiary/aromatic N) is 5. The molecule has 30 heavy (non-hydrogen) atoms. The van der Waals surface area contributed by atoms with Crippen LogP contribution in [0.1, 0.15) is 44.4 Å². The van der Waals surface area contributed by atoms with E-state index in [9.17, 15) is 0 Å². The Balaban J connectivity index is 1.46. The molecule has 156 valence electrons. The van der Waals surface area contributed by atoms with Crippen molar-refractivity contribution in [2.24, 2.45) is 0 Å². The maximum Gasteiger partial charge on any atom is 0.226 e. The van der Waals surface area contributed by atoms with E-state index in [0.717, 1.165) is 53.4 Å². The first kappa shape index (κ1) is 19.3. The molecule has 1 aromatic carbocycles. The molecule has 1 atom stereocenters. The molecule has 0 radical (unpaired) electrons. The molecule has 3 aromatic heterocycles. The molecule has 1 fully saturated rings. The van der Waals surface area contributed by atoms with E-state index in [2.05, 4.69) is 42.1 Å². The molecule has 1 aliphatic heterocycles. The highest BCUT2D eigenvalue weighted by molar-refractivity contribution is 7.98. The molecule has 9 heteroatoms. The third-order valence-electron chi connectivity index (χ3n) is 5.26. The van der Waals surface area contributed by atoms with Crippen LogP contribution in [0.15, 0.2) is 40.0 Å². The summed E-state index contributed by atoms with van der Waals surface area (Å²) in [5, 5.41) is 19.3. The maximum absolute atomic E-state index is 5.90. The second-order valence-corrected chi connectivity index (χ2v) is 8.72. The summed E-state index contributed by atoms with van der Waals surface area (Å²) >= 11 is 1.56. The number of aromatic amines is 1.